The smallest absolute Gasteiger partial charge is 0.319 e. The van der Waals surface area contributed by atoms with E-state index >= 15 is 0 Å². The maximum Gasteiger partial charge on any atom is 0.319 e. The molecule has 0 saturated carbocycles. The zero-order chi connectivity index (χ0) is 17.0. The lowest BCUT2D eigenvalue weighted by atomic mass is 10.1. The van der Waals surface area contributed by atoms with Crippen molar-refractivity contribution < 1.29 is 14.3 Å². The first kappa shape index (κ1) is 17.4. The number of hydrogen-bond donors (Lipinski definition) is 3. The summed E-state index contributed by atoms with van der Waals surface area (Å²) in [4.78, 5) is 12.0. The molecule has 2 aromatic carbocycles. The molecule has 0 bridgehead atoms. The van der Waals surface area contributed by atoms with Gasteiger partial charge in [0.25, 0.3) is 0 Å². The Labute approximate surface area is 142 Å². The average Bonchev–Trinajstić information content (AvgIpc) is 2.49. The van der Waals surface area contributed by atoms with Crippen LogP contribution in [0.4, 0.5) is 14.9 Å². The largest absolute Gasteiger partial charge is 0.386 e. The molecule has 0 aliphatic rings. The number of rotatable bonds is 4. The molecule has 0 aliphatic carbocycles. The fourth-order valence-electron chi connectivity index (χ4n) is 2.31. The molecule has 0 aromatic heterocycles. The van der Waals surface area contributed by atoms with Gasteiger partial charge in [0.2, 0.25) is 0 Å². The Bertz CT molecular complexity index is 698. The molecule has 0 heterocycles. The number of aliphatic hydroxyl groups is 1. The molecule has 4 nitrogen and oxygen atoms in total. The van der Waals surface area contributed by atoms with Gasteiger partial charge in [0.1, 0.15) is 5.82 Å². The van der Waals surface area contributed by atoms with E-state index in [4.69, 9.17) is 0 Å². The molecular weight excluding hydrogens is 363 g/mol. The van der Waals surface area contributed by atoms with Crippen molar-refractivity contribution in [2.45, 2.75) is 20.0 Å². The number of halogens is 2. The molecule has 23 heavy (non-hydrogen) atoms. The third kappa shape index (κ3) is 4.53. The predicted octanol–water partition coefficient (Wildman–Crippen LogP) is 4.06. The fourth-order valence-corrected chi connectivity index (χ4v) is 3.00. The third-order valence-corrected chi connectivity index (χ3v) is 3.91. The minimum Gasteiger partial charge on any atom is -0.386 e. The topological polar surface area (TPSA) is 61.4 Å². The SMILES string of the molecule is Cc1cc(Br)cc(C)c1NC(=O)NCC(O)c1ccccc1F. The van der Waals surface area contributed by atoms with Crippen LogP contribution in [-0.2, 0) is 0 Å². The molecule has 6 heteroatoms. The first-order valence-corrected chi connectivity index (χ1v) is 7.92. The van der Waals surface area contributed by atoms with Gasteiger partial charge < -0.3 is 15.7 Å². The lowest BCUT2D eigenvalue weighted by molar-refractivity contribution is 0.170. The van der Waals surface area contributed by atoms with Gasteiger partial charge in [0, 0.05) is 22.3 Å². The Morgan fingerprint density at radius 1 is 1.26 bits per heavy atom. The molecule has 0 fully saturated rings. The zero-order valence-electron chi connectivity index (χ0n) is 12.9. The lowest BCUT2D eigenvalue weighted by Gasteiger charge is -2.16. The van der Waals surface area contributed by atoms with Crippen molar-refractivity contribution in [3.63, 3.8) is 0 Å². The van der Waals surface area contributed by atoms with Crippen molar-refractivity contribution in [1.29, 1.82) is 0 Å². The average molecular weight is 381 g/mol. The zero-order valence-corrected chi connectivity index (χ0v) is 14.4. The number of anilines is 1. The molecule has 0 saturated heterocycles. The van der Waals surface area contributed by atoms with Crippen molar-refractivity contribution in [1.82, 2.24) is 5.32 Å². The van der Waals surface area contributed by atoms with Crippen LogP contribution in [0.25, 0.3) is 0 Å². The van der Waals surface area contributed by atoms with Crippen LogP contribution in [0.1, 0.15) is 22.8 Å². The minimum atomic E-state index is -1.10. The van der Waals surface area contributed by atoms with Gasteiger partial charge in [-0.1, -0.05) is 34.1 Å². The van der Waals surface area contributed by atoms with Crippen LogP contribution < -0.4 is 10.6 Å². The molecule has 0 spiro atoms. The van der Waals surface area contributed by atoms with Crippen LogP contribution in [0.3, 0.4) is 0 Å². The Kier molecular flexibility index (Phi) is 5.74. The molecule has 2 amide bonds. The number of nitrogens with one attached hydrogen (secondary N) is 2. The quantitative estimate of drug-likeness (QED) is 0.748. The second kappa shape index (κ2) is 7.57. The van der Waals surface area contributed by atoms with Crippen LogP contribution >= 0.6 is 15.9 Å². The van der Waals surface area contributed by atoms with E-state index in [0.717, 1.165) is 15.6 Å². The molecule has 0 radical (unpaired) electrons. The molecule has 0 aliphatic heterocycles. The Morgan fingerprint density at radius 2 is 1.87 bits per heavy atom. The maximum absolute atomic E-state index is 13.6. The van der Waals surface area contributed by atoms with Crippen molar-refractivity contribution in [3.8, 4) is 0 Å². The Morgan fingerprint density at radius 3 is 2.48 bits per heavy atom. The van der Waals surface area contributed by atoms with Gasteiger partial charge >= 0.3 is 6.03 Å². The molecule has 2 rings (SSSR count). The summed E-state index contributed by atoms with van der Waals surface area (Å²) in [6.07, 6.45) is -1.10. The van der Waals surface area contributed by atoms with Crippen molar-refractivity contribution in [2.75, 3.05) is 11.9 Å². The van der Waals surface area contributed by atoms with E-state index in [-0.39, 0.29) is 12.1 Å². The van der Waals surface area contributed by atoms with E-state index in [0.29, 0.717) is 5.69 Å². The van der Waals surface area contributed by atoms with Gasteiger partial charge in [-0.15, -0.1) is 0 Å². The van der Waals surface area contributed by atoms with Gasteiger partial charge in [-0.2, -0.15) is 0 Å². The lowest BCUT2D eigenvalue weighted by Crippen LogP contribution is -2.33. The summed E-state index contributed by atoms with van der Waals surface area (Å²) >= 11 is 3.40. The first-order chi connectivity index (χ1) is 10.9. The fraction of sp³-hybridized carbons (Fsp3) is 0.235. The normalized spacial score (nSPS) is 11.9. The highest BCUT2D eigenvalue weighted by atomic mass is 79.9. The summed E-state index contributed by atoms with van der Waals surface area (Å²) in [7, 11) is 0. The first-order valence-electron chi connectivity index (χ1n) is 7.12. The summed E-state index contributed by atoms with van der Waals surface area (Å²) in [6, 6.07) is 9.29. The summed E-state index contributed by atoms with van der Waals surface area (Å²) in [5, 5.41) is 15.3. The number of urea groups is 1. The van der Waals surface area contributed by atoms with E-state index < -0.39 is 18.0 Å². The van der Waals surface area contributed by atoms with E-state index in [1.54, 1.807) is 12.1 Å². The van der Waals surface area contributed by atoms with E-state index in [9.17, 15) is 14.3 Å². The Balaban J connectivity index is 1.97. The standard InChI is InChI=1S/C17H18BrFN2O2/c1-10-7-12(18)8-11(2)16(10)21-17(23)20-9-15(22)13-5-3-4-6-14(13)19/h3-8,15,22H,9H2,1-2H3,(H2,20,21,23). The number of carbonyl (C=O) groups excluding carboxylic acids is 1. The highest BCUT2D eigenvalue weighted by Gasteiger charge is 2.14. The van der Waals surface area contributed by atoms with Crippen LogP contribution in [0, 0.1) is 19.7 Å². The molecular formula is C17H18BrFN2O2. The summed E-state index contributed by atoms with van der Waals surface area (Å²) in [6.45, 7) is 3.70. The number of carbonyl (C=O) groups is 1. The summed E-state index contributed by atoms with van der Waals surface area (Å²) in [5.41, 5.74) is 2.71. The van der Waals surface area contributed by atoms with E-state index in [1.165, 1.54) is 12.1 Å². The van der Waals surface area contributed by atoms with E-state index in [2.05, 4.69) is 26.6 Å². The number of amides is 2. The van der Waals surface area contributed by atoms with Crippen molar-refractivity contribution in [2.24, 2.45) is 0 Å². The van der Waals surface area contributed by atoms with Crippen LogP contribution in [0.5, 0.6) is 0 Å². The van der Waals surface area contributed by atoms with Gasteiger partial charge in [0.15, 0.2) is 0 Å². The second-order valence-corrected chi connectivity index (χ2v) is 6.20. The van der Waals surface area contributed by atoms with Crippen LogP contribution in [0.2, 0.25) is 0 Å². The summed E-state index contributed by atoms with van der Waals surface area (Å²) in [5.74, 6) is -0.498. The molecule has 1 unspecified atom stereocenters. The summed E-state index contributed by atoms with van der Waals surface area (Å²) < 4.78 is 14.5. The predicted molar refractivity (Wildman–Crippen MR) is 92.0 cm³/mol. The Hall–Kier alpha value is -1.92. The molecule has 122 valence electrons. The van der Waals surface area contributed by atoms with Crippen molar-refractivity contribution >= 4 is 27.6 Å². The van der Waals surface area contributed by atoms with E-state index in [1.807, 2.05) is 26.0 Å². The highest BCUT2D eigenvalue weighted by Crippen LogP contribution is 2.25. The van der Waals surface area contributed by atoms with Gasteiger partial charge in [0.05, 0.1) is 6.10 Å². The molecule has 1 atom stereocenters. The second-order valence-electron chi connectivity index (χ2n) is 5.29. The molecule has 3 N–H and O–H groups in total. The van der Waals surface area contributed by atoms with Gasteiger partial charge in [-0.05, 0) is 43.2 Å². The molecule has 2 aromatic rings. The number of hydrogen-bond acceptors (Lipinski definition) is 2. The number of aryl methyl sites for hydroxylation is 2. The van der Waals surface area contributed by atoms with Crippen LogP contribution in [-0.4, -0.2) is 17.7 Å². The third-order valence-electron chi connectivity index (χ3n) is 3.46. The van der Waals surface area contributed by atoms with Crippen molar-refractivity contribution in [3.05, 3.63) is 63.4 Å². The van der Waals surface area contributed by atoms with Gasteiger partial charge in [-0.25, -0.2) is 9.18 Å². The highest BCUT2D eigenvalue weighted by molar-refractivity contribution is 9.10. The number of aliphatic hydroxyl groups excluding tert-OH is 1. The maximum atomic E-state index is 13.6. The number of benzene rings is 2. The van der Waals surface area contributed by atoms with Crippen LogP contribution in [0.15, 0.2) is 40.9 Å². The monoisotopic (exact) mass is 380 g/mol. The van der Waals surface area contributed by atoms with Gasteiger partial charge in [-0.3, -0.25) is 0 Å². The minimum absolute atomic E-state index is 0.0820.